The number of hydrogen-bond acceptors (Lipinski definition) is 7. The third kappa shape index (κ3) is 5.71. The van der Waals surface area contributed by atoms with Crippen molar-refractivity contribution in [2.24, 2.45) is 0 Å². The second-order valence-electron chi connectivity index (χ2n) is 9.16. The van der Waals surface area contributed by atoms with Gasteiger partial charge >= 0.3 is 0 Å². The summed E-state index contributed by atoms with van der Waals surface area (Å²) in [4.78, 5) is 18.6. The molecule has 2 heterocycles. The molecule has 0 saturated heterocycles. The Balaban J connectivity index is 1.83. The first kappa shape index (κ1) is 28.0. The van der Waals surface area contributed by atoms with Crippen LogP contribution in [0.2, 0.25) is 0 Å². The van der Waals surface area contributed by atoms with Gasteiger partial charge in [0.2, 0.25) is 11.1 Å². The SMILES string of the molecule is CCCOc1c(Br)cc(C2C(C(=O)Nc3cccc(C)c3C)=C(C)Nc3nc(SCCC)nn32)cc1OC. The maximum absolute atomic E-state index is 13.9. The summed E-state index contributed by atoms with van der Waals surface area (Å²) in [6.45, 7) is 10.7. The Bertz CT molecular complexity index is 1370. The topological polar surface area (TPSA) is 90.3 Å². The summed E-state index contributed by atoms with van der Waals surface area (Å²) >= 11 is 5.27. The van der Waals surface area contributed by atoms with Crippen LogP contribution in [0.25, 0.3) is 0 Å². The van der Waals surface area contributed by atoms with Gasteiger partial charge in [0.25, 0.3) is 5.91 Å². The molecule has 1 aromatic heterocycles. The summed E-state index contributed by atoms with van der Waals surface area (Å²) in [6.07, 6.45) is 1.88. The van der Waals surface area contributed by atoms with Crippen LogP contribution in [0.4, 0.5) is 11.6 Å². The number of anilines is 2. The molecule has 0 spiro atoms. The molecule has 0 saturated carbocycles. The number of aryl methyl sites for hydroxylation is 1. The first-order valence-corrected chi connectivity index (χ1v) is 14.5. The van der Waals surface area contributed by atoms with Gasteiger partial charge in [0.05, 0.1) is 23.8 Å². The lowest BCUT2D eigenvalue weighted by Gasteiger charge is -2.29. The molecule has 1 atom stereocenters. The van der Waals surface area contributed by atoms with E-state index in [1.807, 2.05) is 51.1 Å². The van der Waals surface area contributed by atoms with Crippen LogP contribution < -0.4 is 20.1 Å². The van der Waals surface area contributed by atoms with Gasteiger partial charge in [-0.1, -0.05) is 37.7 Å². The largest absolute Gasteiger partial charge is 0.493 e. The van der Waals surface area contributed by atoms with Crippen molar-refractivity contribution in [1.82, 2.24) is 14.8 Å². The van der Waals surface area contributed by atoms with Crippen LogP contribution in [-0.4, -0.2) is 40.1 Å². The van der Waals surface area contributed by atoms with Gasteiger partial charge < -0.3 is 20.1 Å². The van der Waals surface area contributed by atoms with E-state index < -0.39 is 6.04 Å². The van der Waals surface area contributed by atoms with Crippen molar-refractivity contribution in [3.05, 3.63) is 62.8 Å². The van der Waals surface area contributed by atoms with E-state index in [-0.39, 0.29) is 5.91 Å². The number of carbonyl (C=O) groups is 1. The average Bonchev–Trinajstić information content (AvgIpc) is 3.30. The molecule has 1 aliphatic rings. The number of benzene rings is 2. The van der Waals surface area contributed by atoms with Gasteiger partial charge in [0.15, 0.2) is 11.5 Å². The summed E-state index contributed by atoms with van der Waals surface area (Å²) in [5.41, 5.74) is 5.00. The highest BCUT2D eigenvalue weighted by Crippen LogP contribution is 2.43. The fourth-order valence-corrected chi connectivity index (χ4v) is 5.56. The maximum Gasteiger partial charge on any atom is 0.255 e. The zero-order valence-electron chi connectivity index (χ0n) is 22.6. The number of allylic oxidation sites excluding steroid dienone is 1. The van der Waals surface area contributed by atoms with Crippen LogP contribution in [0.1, 0.15) is 56.3 Å². The highest BCUT2D eigenvalue weighted by molar-refractivity contribution is 9.10. The summed E-state index contributed by atoms with van der Waals surface area (Å²) in [5, 5.41) is 11.9. The quantitative estimate of drug-likeness (QED) is 0.245. The lowest BCUT2D eigenvalue weighted by Crippen LogP contribution is -2.31. The van der Waals surface area contributed by atoms with Gasteiger partial charge in [0.1, 0.15) is 6.04 Å². The monoisotopic (exact) mass is 599 g/mol. The minimum Gasteiger partial charge on any atom is -0.493 e. The Morgan fingerprint density at radius 2 is 2.00 bits per heavy atom. The van der Waals surface area contributed by atoms with Crippen molar-refractivity contribution in [1.29, 1.82) is 0 Å². The number of fused-ring (bicyclic) bond motifs is 1. The summed E-state index contributed by atoms with van der Waals surface area (Å²) in [5.74, 6) is 2.50. The molecule has 2 N–H and O–H groups in total. The van der Waals surface area contributed by atoms with E-state index in [0.29, 0.717) is 40.5 Å². The second kappa shape index (κ2) is 12.3. The van der Waals surface area contributed by atoms with Crippen LogP contribution in [0, 0.1) is 13.8 Å². The fraction of sp³-hybridized carbons (Fsp3) is 0.393. The van der Waals surface area contributed by atoms with Gasteiger partial charge in [-0.05, 0) is 84.4 Å². The number of ether oxygens (including phenoxy) is 2. The Kier molecular flexibility index (Phi) is 9.04. The normalized spacial score (nSPS) is 14.7. The second-order valence-corrected chi connectivity index (χ2v) is 11.1. The number of hydrogen-bond donors (Lipinski definition) is 2. The van der Waals surface area contributed by atoms with Gasteiger partial charge in [-0.15, -0.1) is 5.10 Å². The number of aromatic nitrogens is 3. The lowest BCUT2D eigenvalue weighted by atomic mass is 9.94. The van der Waals surface area contributed by atoms with E-state index in [9.17, 15) is 4.79 Å². The smallest absolute Gasteiger partial charge is 0.255 e. The van der Waals surface area contributed by atoms with Crippen molar-refractivity contribution in [3.8, 4) is 11.5 Å². The molecule has 10 heteroatoms. The highest BCUT2D eigenvalue weighted by atomic mass is 79.9. The molecule has 38 heavy (non-hydrogen) atoms. The number of nitrogens with one attached hydrogen (secondary N) is 2. The molecule has 0 radical (unpaired) electrons. The molecule has 1 amide bonds. The van der Waals surface area contributed by atoms with E-state index in [4.69, 9.17) is 19.6 Å². The third-order valence-corrected chi connectivity index (χ3v) is 8.02. The number of thioether (sulfide) groups is 1. The molecule has 8 nitrogen and oxygen atoms in total. The van der Waals surface area contributed by atoms with Crippen molar-refractivity contribution in [2.75, 3.05) is 30.1 Å². The molecule has 0 bridgehead atoms. The van der Waals surface area contributed by atoms with Crippen molar-refractivity contribution in [3.63, 3.8) is 0 Å². The molecular weight excluding hydrogens is 566 g/mol. The number of amides is 1. The van der Waals surface area contributed by atoms with E-state index in [0.717, 1.165) is 45.4 Å². The fourth-order valence-electron chi connectivity index (χ4n) is 4.31. The number of carbonyl (C=O) groups excluding carboxylic acids is 1. The molecule has 3 aromatic rings. The number of halogens is 1. The number of nitrogens with zero attached hydrogens (tertiary/aromatic N) is 3. The zero-order chi connectivity index (χ0) is 27.4. The van der Waals surface area contributed by atoms with Crippen LogP contribution >= 0.6 is 27.7 Å². The molecular formula is C28H34BrN5O3S. The van der Waals surface area contributed by atoms with E-state index in [1.54, 1.807) is 23.6 Å². The van der Waals surface area contributed by atoms with Gasteiger partial charge in [-0.2, -0.15) is 4.98 Å². The van der Waals surface area contributed by atoms with Gasteiger partial charge in [0, 0.05) is 17.1 Å². The molecule has 0 fully saturated rings. The Hall–Kier alpha value is -2.98. The lowest BCUT2D eigenvalue weighted by molar-refractivity contribution is -0.113. The van der Waals surface area contributed by atoms with Crippen LogP contribution in [-0.2, 0) is 4.79 Å². The molecule has 0 aliphatic carbocycles. The third-order valence-electron chi connectivity index (χ3n) is 6.38. The van der Waals surface area contributed by atoms with E-state index in [1.165, 1.54) is 0 Å². The molecule has 2 aromatic carbocycles. The minimum absolute atomic E-state index is 0.209. The zero-order valence-corrected chi connectivity index (χ0v) is 25.0. The van der Waals surface area contributed by atoms with Gasteiger partial charge in [-0.3, -0.25) is 4.79 Å². The van der Waals surface area contributed by atoms with E-state index >= 15 is 0 Å². The Morgan fingerprint density at radius 1 is 1.21 bits per heavy atom. The highest BCUT2D eigenvalue weighted by Gasteiger charge is 2.35. The molecule has 1 aliphatic heterocycles. The minimum atomic E-state index is -0.537. The number of rotatable bonds is 10. The Morgan fingerprint density at radius 3 is 2.71 bits per heavy atom. The number of methoxy groups -OCH3 is 1. The average molecular weight is 601 g/mol. The summed E-state index contributed by atoms with van der Waals surface area (Å²) in [7, 11) is 1.61. The van der Waals surface area contributed by atoms with E-state index in [2.05, 4.69) is 40.4 Å². The van der Waals surface area contributed by atoms with Crippen LogP contribution in [0.3, 0.4) is 0 Å². The molecule has 202 valence electrons. The first-order valence-electron chi connectivity index (χ1n) is 12.7. The molecule has 4 rings (SSSR count). The van der Waals surface area contributed by atoms with Crippen molar-refractivity contribution >= 4 is 45.2 Å². The van der Waals surface area contributed by atoms with Gasteiger partial charge in [-0.25, -0.2) is 4.68 Å². The Labute approximate surface area is 236 Å². The predicted molar refractivity (Wildman–Crippen MR) is 157 cm³/mol. The van der Waals surface area contributed by atoms with Crippen molar-refractivity contribution < 1.29 is 14.3 Å². The summed E-state index contributed by atoms with van der Waals surface area (Å²) < 4.78 is 14.2. The van der Waals surface area contributed by atoms with Crippen molar-refractivity contribution in [2.45, 2.75) is 58.7 Å². The summed E-state index contributed by atoms with van der Waals surface area (Å²) in [6, 6.07) is 9.23. The predicted octanol–water partition coefficient (Wildman–Crippen LogP) is 6.88. The van der Waals surface area contributed by atoms with Crippen LogP contribution in [0.15, 0.2) is 51.2 Å². The standard InChI is InChI=1S/C28H34BrN5O3S/c1-7-12-37-25-20(29)14-19(15-22(25)36-6)24-23(26(35)31-21-11-9-10-16(3)17(21)4)18(5)30-27-32-28(33-34(24)27)38-13-8-2/h9-11,14-15,24H,7-8,12-13H2,1-6H3,(H,31,35)(H,30,32,33). The first-order chi connectivity index (χ1) is 18.3. The maximum atomic E-state index is 13.9. The van der Waals surface area contributed by atoms with Crippen LogP contribution in [0.5, 0.6) is 11.5 Å². The molecule has 1 unspecified atom stereocenters.